The zero-order valence-corrected chi connectivity index (χ0v) is 16.6. The standard InChI is InChI=1S/C18H24Cl2N2OS/c1-18(2,3)12-4-6-15(7-5-12)21-17(24)22-16(23)11-8-13(19)10-14(20)9-11/h8-10,12,15H,4-7H2,1-3H3,(H2,21,22,23,24). The van der Waals surface area contributed by atoms with E-state index in [0.29, 0.717) is 32.2 Å². The van der Waals surface area contributed by atoms with Crippen molar-refractivity contribution in [1.29, 1.82) is 0 Å². The van der Waals surface area contributed by atoms with E-state index in [1.807, 2.05) is 0 Å². The second-order valence-electron chi connectivity index (χ2n) is 7.50. The van der Waals surface area contributed by atoms with Crippen molar-refractivity contribution >= 4 is 46.4 Å². The Morgan fingerprint density at radius 3 is 2.12 bits per heavy atom. The smallest absolute Gasteiger partial charge is 0.257 e. The number of halogens is 2. The molecular formula is C18H24Cl2N2OS. The minimum atomic E-state index is -0.305. The molecule has 0 atom stereocenters. The molecule has 0 aliphatic heterocycles. The number of thiocarbonyl (C=S) groups is 1. The molecule has 0 radical (unpaired) electrons. The summed E-state index contributed by atoms with van der Waals surface area (Å²) in [5, 5.41) is 7.16. The molecule has 0 heterocycles. The number of carbonyl (C=O) groups is 1. The van der Waals surface area contributed by atoms with Crippen LogP contribution in [-0.4, -0.2) is 17.1 Å². The number of rotatable bonds is 2. The lowest BCUT2D eigenvalue weighted by Gasteiger charge is -2.37. The molecule has 0 aromatic heterocycles. The average Bonchev–Trinajstić information content (AvgIpc) is 2.45. The van der Waals surface area contributed by atoms with E-state index in [1.54, 1.807) is 18.2 Å². The van der Waals surface area contributed by atoms with E-state index in [1.165, 1.54) is 12.8 Å². The van der Waals surface area contributed by atoms with Gasteiger partial charge < -0.3 is 5.32 Å². The highest BCUT2D eigenvalue weighted by Crippen LogP contribution is 2.37. The molecule has 1 aromatic rings. The van der Waals surface area contributed by atoms with Gasteiger partial charge in [-0.15, -0.1) is 0 Å². The van der Waals surface area contributed by atoms with Gasteiger partial charge in [-0.25, -0.2) is 0 Å². The fraction of sp³-hybridized carbons (Fsp3) is 0.556. The van der Waals surface area contributed by atoms with Crippen molar-refractivity contribution in [1.82, 2.24) is 10.6 Å². The zero-order chi connectivity index (χ0) is 17.9. The summed E-state index contributed by atoms with van der Waals surface area (Å²) in [4.78, 5) is 12.2. The Bertz CT molecular complexity index is 600. The summed E-state index contributed by atoms with van der Waals surface area (Å²) in [6.07, 6.45) is 4.51. The number of benzene rings is 1. The fourth-order valence-corrected chi connectivity index (χ4v) is 3.97. The fourth-order valence-electron chi connectivity index (χ4n) is 3.19. The molecule has 1 aromatic carbocycles. The van der Waals surface area contributed by atoms with Crippen LogP contribution >= 0.6 is 35.4 Å². The monoisotopic (exact) mass is 386 g/mol. The molecule has 2 N–H and O–H groups in total. The average molecular weight is 387 g/mol. The van der Waals surface area contributed by atoms with Crippen molar-refractivity contribution in [2.24, 2.45) is 11.3 Å². The summed E-state index contributed by atoms with van der Waals surface area (Å²) >= 11 is 17.1. The van der Waals surface area contributed by atoms with Gasteiger partial charge in [0.05, 0.1) is 0 Å². The van der Waals surface area contributed by atoms with Crippen molar-refractivity contribution in [3.05, 3.63) is 33.8 Å². The maximum Gasteiger partial charge on any atom is 0.257 e. The molecule has 1 aliphatic rings. The van der Waals surface area contributed by atoms with Crippen LogP contribution < -0.4 is 10.6 Å². The number of nitrogens with one attached hydrogen (secondary N) is 2. The summed E-state index contributed by atoms with van der Waals surface area (Å²) in [6.45, 7) is 6.89. The Morgan fingerprint density at radius 1 is 1.08 bits per heavy atom. The third-order valence-electron chi connectivity index (χ3n) is 4.64. The molecule has 1 fully saturated rings. The van der Waals surface area contributed by atoms with Crippen LogP contribution in [0.1, 0.15) is 56.8 Å². The van der Waals surface area contributed by atoms with Gasteiger partial charge in [0.2, 0.25) is 0 Å². The number of carbonyl (C=O) groups excluding carboxylic acids is 1. The predicted molar refractivity (Wildman–Crippen MR) is 105 cm³/mol. The van der Waals surface area contributed by atoms with Gasteiger partial charge in [-0.1, -0.05) is 44.0 Å². The Morgan fingerprint density at radius 2 is 1.62 bits per heavy atom. The SMILES string of the molecule is CC(C)(C)C1CCC(NC(=S)NC(=O)c2cc(Cl)cc(Cl)c2)CC1. The van der Waals surface area contributed by atoms with Crippen LogP contribution in [0.3, 0.4) is 0 Å². The van der Waals surface area contributed by atoms with E-state index in [2.05, 4.69) is 31.4 Å². The highest BCUT2D eigenvalue weighted by atomic mass is 35.5. The second kappa shape index (κ2) is 8.03. The van der Waals surface area contributed by atoms with E-state index in [9.17, 15) is 4.79 Å². The molecule has 1 saturated carbocycles. The summed E-state index contributed by atoms with van der Waals surface area (Å²) in [7, 11) is 0. The molecule has 3 nitrogen and oxygen atoms in total. The third kappa shape index (κ3) is 5.61. The first-order valence-electron chi connectivity index (χ1n) is 8.23. The molecule has 0 unspecified atom stereocenters. The number of amides is 1. The van der Waals surface area contributed by atoms with Gasteiger partial charge in [-0.2, -0.15) is 0 Å². The zero-order valence-electron chi connectivity index (χ0n) is 14.3. The lowest BCUT2D eigenvalue weighted by atomic mass is 9.71. The molecule has 6 heteroatoms. The molecule has 1 amide bonds. The Hall–Kier alpha value is -0.840. The topological polar surface area (TPSA) is 41.1 Å². The first-order valence-corrected chi connectivity index (χ1v) is 9.39. The van der Waals surface area contributed by atoms with Gasteiger partial charge in [0.15, 0.2) is 5.11 Å². The summed E-state index contributed by atoms with van der Waals surface area (Å²) in [6, 6.07) is 5.05. The molecule has 2 rings (SSSR count). The van der Waals surface area contributed by atoms with Crippen LogP contribution in [0.2, 0.25) is 10.0 Å². The molecule has 24 heavy (non-hydrogen) atoms. The maximum absolute atomic E-state index is 12.2. The molecule has 0 spiro atoms. The molecule has 132 valence electrons. The van der Waals surface area contributed by atoms with E-state index in [0.717, 1.165) is 18.8 Å². The molecular weight excluding hydrogens is 363 g/mol. The van der Waals surface area contributed by atoms with Gasteiger partial charge in [0, 0.05) is 21.7 Å². The van der Waals surface area contributed by atoms with E-state index in [4.69, 9.17) is 35.4 Å². The summed E-state index contributed by atoms with van der Waals surface area (Å²) < 4.78 is 0. The van der Waals surface area contributed by atoms with E-state index in [-0.39, 0.29) is 5.91 Å². The Balaban J connectivity index is 1.84. The molecule has 1 aliphatic carbocycles. The maximum atomic E-state index is 12.2. The lowest BCUT2D eigenvalue weighted by Crippen LogP contribution is -2.46. The first-order chi connectivity index (χ1) is 11.1. The van der Waals surface area contributed by atoms with Gasteiger partial charge in [-0.05, 0) is 67.4 Å². The van der Waals surface area contributed by atoms with Crippen molar-refractivity contribution in [2.75, 3.05) is 0 Å². The normalized spacial score (nSPS) is 21.2. The highest BCUT2D eigenvalue weighted by Gasteiger charge is 2.29. The Kier molecular flexibility index (Phi) is 6.52. The quantitative estimate of drug-likeness (QED) is 0.685. The van der Waals surface area contributed by atoms with Crippen LogP contribution in [-0.2, 0) is 0 Å². The van der Waals surface area contributed by atoms with Crippen LogP contribution in [0.5, 0.6) is 0 Å². The van der Waals surface area contributed by atoms with Gasteiger partial charge >= 0.3 is 0 Å². The largest absolute Gasteiger partial charge is 0.360 e. The van der Waals surface area contributed by atoms with Crippen molar-refractivity contribution in [3.8, 4) is 0 Å². The van der Waals surface area contributed by atoms with Crippen LogP contribution in [0.4, 0.5) is 0 Å². The third-order valence-corrected chi connectivity index (χ3v) is 5.30. The van der Waals surface area contributed by atoms with E-state index >= 15 is 0 Å². The number of hydrogen-bond acceptors (Lipinski definition) is 2. The lowest BCUT2D eigenvalue weighted by molar-refractivity contribution is 0.0976. The summed E-state index contributed by atoms with van der Waals surface area (Å²) in [5.74, 6) is 0.438. The van der Waals surface area contributed by atoms with Crippen LogP contribution in [0, 0.1) is 11.3 Å². The van der Waals surface area contributed by atoms with Crippen molar-refractivity contribution < 1.29 is 4.79 Å². The minimum Gasteiger partial charge on any atom is -0.360 e. The molecule has 0 saturated heterocycles. The van der Waals surface area contributed by atoms with Crippen molar-refractivity contribution in [3.63, 3.8) is 0 Å². The second-order valence-corrected chi connectivity index (χ2v) is 8.78. The van der Waals surface area contributed by atoms with Crippen LogP contribution in [0.15, 0.2) is 18.2 Å². The van der Waals surface area contributed by atoms with Crippen molar-refractivity contribution in [2.45, 2.75) is 52.5 Å². The molecule has 0 bridgehead atoms. The highest BCUT2D eigenvalue weighted by molar-refractivity contribution is 7.80. The van der Waals surface area contributed by atoms with Gasteiger partial charge in [0.25, 0.3) is 5.91 Å². The first kappa shape index (κ1) is 19.5. The van der Waals surface area contributed by atoms with Crippen LogP contribution in [0.25, 0.3) is 0 Å². The predicted octanol–water partition coefficient (Wildman–Crippen LogP) is 5.20. The van der Waals surface area contributed by atoms with Gasteiger partial charge in [-0.3, -0.25) is 10.1 Å². The summed E-state index contributed by atoms with van der Waals surface area (Å²) in [5.41, 5.74) is 0.749. The minimum absolute atomic E-state index is 0.305. The van der Waals surface area contributed by atoms with E-state index < -0.39 is 0 Å². The van der Waals surface area contributed by atoms with Gasteiger partial charge in [0.1, 0.15) is 0 Å². The number of hydrogen-bond donors (Lipinski definition) is 2. The Labute approximate surface area is 159 Å².